The molecule has 0 aromatic carbocycles. The summed E-state index contributed by atoms with van der Waals surface area (Å²) in [5.74, 6) is -0.694. The third kappa shape index (κ3) is 24.4. The molecule has 158 valence electrons. The fourth-order valence-electron chi connectivity index (χ4n) is 2.69. The molecule has 0 spiro atoms. The quantitative estimate of drug-likeness (QED) is 0.196. The monoisotopic (exact) mass is 451 g/mol. The van der Waals surface area contributed by atoms with E-state index in [1.807, 2.05) is 0 Å². The molecule has 0 unspecified atom stereocenters. The van der Waals surface area contributed by atoms with Crippen molar-refractivity contribution in [3.63, 3.8) is 0 Å². The van der Waals surface area contributed by atoms with Gasteiger partial charge in [-0.05, 0) is 19.3 Å². The summed E-state index contributed by atoms with van der Waals surface area (Å²) in [6.45, 7) is 5.26. The third-order valence-electron chi connectivity index (χ3n) is 4.47. The van der Waals surface area contributed by atoms with Gasteiger partial charge >= 0.3 is 115 Å². The van der Waals surface area contributed by atoms with Crippen molar-refractivity contribution in [1.82, 2.24) is 0 Å². The van der Waals surface area contributed by atoms with Crippen LogP contribution >= 0.6 is 0 Å². The van der Waals surface area contributed by atoms with Gasteiger partial charge in [-0.3, -0.25) is 9.59 Å². The van der Waals surface area contributed by atoms with Crippen LogP contribution in [0.4, 0.5) is 0 Å². The molecule has 0 heterocycles. The second-order valence-electron chi connectivity index (χ2n) is 7.07. The molecule has 0 aliphatic rings. The Morgan fingerprint density at radius 1 is 0.714 bits per heavy atom. The van der Waals surface area contributed by atoms with Crippen LogP contribution in [0.15, 0.2) is 0 Å². The summed E-state index contributed by atoms with van der Waals surface area (Å²) in [6.07, 6.45) is 14.3. The first kappa shape index (κ1) is 34.8. The minimum absolute atomic E-state index is 0. The molecule has 2 N–H and O–H groups in total. The molecule has 0 amide bonds. The Balaban J connectivity index is -0.00000312. The number of hydrogen-bond donors (Lipinski definition) is 1. The summed E-state index contributed by atoms with van der Waals surface area (Å²) >= 11 is 0. The molecule has 5 nitrogen and oxygen atoms in total. The number of hydrogen-bond acceptors (Lipinski definition) is 5. The van der Waals surface area contributed by atoms with Gasteiger partial charge in [-0.2, -0.15) is 0 Å². The number of rotatable bonds is 18. The van der Waals surface area contributed by atoms with Crippen molar-refractivity contribution in [2.45, 2.75) is 110 Å². The first-order valence-corrected chi connectivity index (χ1v) is 10.7. The SMILES string of the molecule is CCCCCCCCOC(=O)CC[C@H](N)C(=O)OCCCCCCCC.[KH].[KH]. The predicted molar refractivity (Wildman–Crippen MR) is 120 cm³/mol. The zero-order chi connectivity index (χ0) is 19.5. The van der Waals surface area contributed by atoms with Crippen LogP contribution < -0.4 is 5.73 Å². The number of carbonyl (C=O) groups is 2. The average molecular weight is 452 g/mol. The van der Waals surface area contributed by atoms with E-state index < -0.39 is 12.0 Å². The Morgan fingerprint density at radius 2 is 1.14 bits per heavy atom. The second-order valence-corrected chi connectivity index (χ2v) is 7.07. The third-order valence-corrected chi connectivity index (χ3v) is 4.47. The van der Waals surface area contributed by atoms with Gasteiger partial charge in [0, 0.05) is 6.42 Å². The van der Waals surface area contributed by atoms with Crippen molar-refractivity contribution in [1.29, 1.82) is 0 Å². The van der Waals surface area contributed by atoms with E-state index in [4.69, 9.17) is 15.2 Å². The Kier molecular flexibility index (Phi) is 33.8. The van der Waals surface area contributed by atoms with Crippen LogP contribution in [-0.2, 0) is 19.1 Å². The Bertz CT molecular complexity index is 357. The molecule has 0 fully saturated rings. The number of esters is 2. The molecule has 0 aromatic rings. The molecule has 7 heteroatoms. The molecule has 0 aliphatic heterocycles. The molecule has 28 heavy (non-hydrogen) atoms. The number of nitrogens with two attached hydrogens (primary N) is 1. The van der Waals surface area contributed by atoms with Gasteiger partial charge in [0.05, 0.1) is 13.2 Å². The molecule has 0 saturated heterocycles. The molecule has 0 aromatic heterocycles. The van der Waals surface area contributed by atoms with Crippen LogP contribution in [0, 0.1) is 0 Å². The van der Waals surface area contributed by atoms with Gasteiger partial charge in [-0.15, -0.1) is 0 Å². The summed E-state index contributed by atoms with van der Waals surface area (Å²) in [6, 6.07) is -0.739. The first-order chi connectivity index (χ1) is 12.6. The fourth-order valence-corrected chi connectivity index (χ4v) is 2.69. The normalized spacial score (nSPS) is 11.1. The van der Waals surface area contributed by atoms with E-state index >= 15 is 0 Å². The number of unbranched alkanes of at least 4 members (excludes halogenated alkanes) is 10. The Morgan fingerprint density at radius 3 is 1.64 bits per heavy atom. The molecule has 0 rings (SSSR count). The van der Waals surface area contributed by atoms with E-state index in [0.29, 0.717) is 13.2 Å². The van der Waals surface area contributed by atoms with Crippen LogP contribution in [0.2, 0.25) is 0 Å². The summed E-state index contributed by atoms with van der Waals surface area (Å²) in [4.78, 5) is 23.4. The van der Waals surface area contributed by atoms with Crippen molar-refractivity contribution in [3.8, 4) is 0 Å². The van der Waals surface area contributed by atoms with E-state index in [1.165, 1.54) is 51.4 Å². The Hall–Kier alpha value is 2.17. The van der Waals surface area contributed by atoms with E-state index in [9.17, 15) is 9.59 Å². The molecule has 0 radical (unpaired) electrons. The van der Waals surface area contributed by atoms with Crippen molar-refractivity contribution >= 4 is 115 Å². The van der Waals surface area contributed by atoms with Gasteiger partial charge < -0.3 is 15.2 Å². The van der Waals surface area contributed by atoms with Crippen molar-refractivity contribution < 1.29 is 19.1 Å². The topological polar surface area (TPSA) is 78.6 Å². The fraction of sp³-hybridized carbons (Fsp3) is 0.905. The van der Waals surface area contributed by atoms with Crippen LogP contribution in [0.3, 0.4) is 0 Å². The van der Waals surface area contributed by atoms with Gasteiger partial charge in [-0.25, -0.2) is 0 Å². The first-order valence-electron chi connectivity index (χ1n) is 10.7. The molecular weight excluding hydrogens is 408 g/mol. The molecule has 0 bridgehead atoms. The van der Waals surface area contributed by atoms with Crippen LogP contribution in [0.25, 0.3) is 0 Å². The summed E-state index contributed by atoms with van der Waals surface area (Å²) < 4.78 is 10.3. The molecule has 0 aliphatic carbocycles. The molecule has 0 saturated carbocycles. The number of ether oxygens (including phenoxy) is 2. The molecular formula is C21H43K2NO4. The van der Waals surface area contributed by atoms with E-state index in [1.54, 1.807) is 0 Å². The van der Waals surface area contributed by atoms with Crippen molar-refractivity contribution in [2.75, 3.05) is 13.2 Å². The van der Waals surface area contributed by atoms with Crippen LogP contribution in [-0.4, -0.2) is 134 Å². The van der Waals surface area contributed by atoms with E-state index in [-0.39, 0.29) is 122 Å². The number of carbonyl (C=O) groups excluding carboxylic acids is 2. The Labute approximate surface area is 258 Å². The average Bonchev–Trinajstić information content (AvgIpc) is 2.64. The summed E-state index contributed by atoms with van der Waals surface area (Å²) in [5.41, 5.74) is 5.79. The standard InChI is InChI=1S/C21H41NO4.2K.2H/c1-3-5-7-9-11-13-17-25-20(23)16-15-19(22)21(24)26-18-14-12-10-8-6-4-2;;;;/h19H,3-18,22H2,1-2H3;;;;/t19-;;;;/m0..../s1. The van der Waals surface area contributed by atoms with Gasteiger partial charge in [0.15, 0.2) is 0 Å². The summed E-state index contributed by atoms with van der Waals surface area (Å²) in [7, 11) is 0. The van der Waals surface area contributed by atoms with Crippen LogP contribution in [0.5, 0.6) is 0 Å². The minimum atomic E-state index is -0.739. The van der Waals surface area contributed by atoms with Crippen molar-refractivity contribution in [2.24, 2.45) is 5.73 Å². The van der Waals surface area contributed by atoms with Gasteiger partial charge in [-0.1, -0.05) is 78.1 Å². The van der Waals surface area contributed by atoms with Crippen molar-refractivity contribution in [3.05, 3.63) is 0 Å². The maximum atomic E-state index is 11.8. The zero-order valence-corrected chi connectivity index (χ0v) is 17.1. The van der Waals surface area contributed by atoms with Gasteiger partial charge in [0.25, 0.3) is 0 Å². The summed E-state index contributed by atoms with van der Waals surface area (Å²) in [5, 5.41) is 0. The second kappa shape index (κ2) is 27.2. The zero-order valence-electron chi connectivity index (χ0n) is 17.1. The van der Waals surface area contributed by atoms with Gasteiger partial charge in [0.2, 0.25) is 0 Å². The molecule has 1 atom stereocenters. The van der Waals surface area contributed by atoms with Gasteiger partial charge in [0.1, 0.15) is 6.04 Å². The van der Waals surface area contributed by atoms with E-state index in [0.717, 1.165) is 25.7 Å². The maximum absolute atomic E-state index is 11.8. The van der Waals surface area contributed by atoms with E-state index in [2.05, 4.69) is 13.8 Å². The van der Waals surface area contributed by atoms with Crippen LogP contribution in [0.1, 0.15) is 104 Å². The predicted octanol–water partition coefficient (Wildman–Crippen LogP) is 3.60.